The molecule has 2 aliphatic carbocycles. The summed E-state index contributed by atoms with van der Waals surface area (Å²) in [7, 11) is 2.16. The summed E-state index contributed by atoms with van der Waals surface area (Å²) in [6.45, 7) is 2.44. The molecule has 0 aromatic heterocycles. The van der Waals surface area contributed by atoms with E-state index in [1.54, 1.807) is 0 Å². The second kappa shape index (κ2) is 4.65. The second-order valence-electron chi connectivity index (χ2n) is 5.49. The van der Waals surface area contributed by atoms with Crippen molar-refractivity contribution in [2.24, 2.45) is 17.8 Å². The molecule has 3 unspecified atom stereocenters. The largest absolute Gasteiger partial charge is 0.317 e. The van der Waals surface area contributed by atoms with Crippen molar-refractivity contribution in [1.82, 2.24) is 5.32 Å². The van der Waals surface area contributed by atoms with Gasteiger partial charge in [-0.3, -0.25) is 0 Å². The van der Waals surface area contributed by atoms with E-state index in [-0.39, 0.29) is 0 Å². The topological polar surface area (TPSA) is 12.0 Å². The van der Waals surface area contributed by atoms with Gasteiger partial charge in [-0.25, -0.2) is 0 Å². The molecule has 1 nitrogen and oxygen atoms in total. The Hall–Kier alpha value is -0.0400. The summed E-state index contributed by atoms with van der Waals surface area (Å²) in [6.07, 6.45) is 10.3. The quantitative estimate of drug-likeness (QED) is 0.710. The van der Waals surface area contributed by atoms with Gasteiger partial charge in [0.15, 0.2) is 0 Å². The van der Waals surface area contributed by atoms with E-state index in [4.69, 9.17) is 0 Å². The average molecular weight is 195 g/mol. The first-order valence-electron chi connectivity index (χ1n) is 6.48. The molecular formula is C13H25N. The summed E-state index contributed by atoms with van der Waals surface area (Å²) < 4.78 is 0. The molecule has 1 heteroatoms. The third-order valence-electron chi connectivity index (χ3n) is 4.40. The standard InChI is InChI=1S/C13H25N/c1-10-4-3-5-12(10)13(14-2)9-8-11-6-7-11/h10-14H,3-9H2,1-2H3. The molecule has 2 fully saturated rings. The van der Waals surface area contributed by atoms with Crippen LogP contribution < -0.4 is 5.32 Å². The highest BCUT2D eigenvalue weighted by Crippen LogP contribution is 2.38. The Kier molecular flexibility index (Phi) is 3.48. The molecular weight excluding hydrogens is 170 g/mol. The van der Waals surface area contributed by atoms with Gasteiger partial charge < -0.3 is 5.32 Å². The molecule has 0 radical (unpaired) electrons. The lowest BCUT2D eigenvalue weighted by atomic mass is 9.87. The fourth-order valence-corrected chi connectivity index (χ4v) is 3.17. The minimum atomic E-state index is 0.813. The third-order valence-corrected chi connectivity index (χ3v) is 4.40. The molecule has 82 valence electrons. The Morgan fingerprint density at radius 3 is 2.50 bits per heavy atom. The molecule has 0 aliphatic heterocycles. The molecule has 0 heterocycles. The molecule has 0 amide bonds. The van der Waals surface area contributed by atoms with Crippen molar-refractivity contribution in [3.8, 4) is 0 Å². The lowest BCUT2D eigenvalue weighted by Crippen LogP contribution is -2.35. The van der Waals surface area contributed by atoms with Crippen LogP contribution in [0.3, 0.4) is 0 Å². The van der Waals surface area contributed by atoms with E-state index >= 15 is 0 Å². The van der Waals surface area contributed by atoms with E-state index < -0.39 is 0 Å². The minimum Gasteiger partial charge on any atom is -0.317 e. The summed E-state index contributed by atoms with van der Waals surface area (Å²) in [6, 6.07) is 0.813. The summed E-state index contributed by atoms with van der Waals surface area (Å²) in [5.74, 6) is 3.04. The van der Waals surface area contributed by atoms with E-state index in [1.807, 2.05) is 0 Å². The molecule has 14 heavy (non-hydrogen) atoms. The van der Waals surface area contributed by atoms with Crippen LogP contribution in [0.2, 0.25) is 0 Å². The highest BCUT2D eigenvalue weighted by molar-refractivity contribution is 4.85. The van der Waals surface area contributed by atoms with Gasteiger partial charge >= 0.3 is 0 Å². The molecule has 0 aromatic carbocycles. The molecule has 0 aromatic rings. The van der Waals surface area contributed by atoms with Crippen LogP contribution in [0, 0.1) is 17.8 Å². The first-order chi connectivity index (χ1) is 6.81. The Morgan fingerprint density at radius 2 is 2.00 bits per heavy atom. The Morgan fingerprint density at radius 1 is 1.21 bits per heavy atom. The van der Waals surface area contributed by atoms with E-state index in [0.717, 1.165) is 23.8 Å². The zero-order chi connectivity index (χ0) is 9.97. The number of hydrogen-bond acceptors (Lipinski definition) is 1. The van der Waals surface area contributed by atoms with Crippen LogP contribution in [0.4, 0.5) is 0 Å². The van der Waals surface area contributed by atoms with Gasteiger partial charge in [-0.15, -0.1) is 0 Å². The van der Waals surface area contributed by atoms with E-state index in [0.29, 0.717) is 0 Å². The van der Waals surface area contributed by atoms with Crippen LogP contribution in [-0.2, 0) is 0 Å². The Balaban J connectivity index is 1.77. The van der Waals surface area contributed by atoms with Gasteiger partial charge in [0.25, 0.3) is 0 Å². The van der Waals surface area contributed by atoms with Crippen molar-refractivity contribution in [2.45, 2.75) is 57.9 Å². The molecule has 2 rings (SSSR count). The maximum Gasteiger partial charge on any atom is 0.00949 e. The molecule has 0 bridgehead atoms. The van der Waals surface area contributed by atoms with Crippen molar-refractivity contribution in [1.29, 1.82) is 0 Å². The van der Waals surface area contributed by atoms with Crippen molar-refractivity contribution in [3.63, 3.8) is 0 Å². The molecule has 0 spiro atoms. The van der Waals surface area contributed by atoms with Gasteiger partial charge in [-0.2, -0.15) is 0 Å². The van der Waals surface area contributed by atoms with Gasteiger partial charge in [0.1, 0.15) is 0 Å². The summed E-state index contributed by atoms with van der Waals surface area (Å²) in [5.41, 5.74) is 0. The van der Waals surface area contributed by atoms with Crippen LogP contribution in [0.5, 0.6) is 0 Å². The maximum atomic E-state index is 3.56. The zero-order valence-electron chi connectivity index (χ0n) is 9.76. The highest BCUT2D eigenvalue weighted by atomic mass is 14.9. The fraction of sp³-hybridized carbons (Fsp3) is 1.00. The minimum absolute atomic E-state index is 0.813. The second-order valence-corrected chi connectivity index (χ2v) is 5.49. The molecule has 3 atom stereocenters. The summed E-state index contributed by atoms with van der Waals surface area (Å²) >= 11 is 0. The molecule has 1 N–H and O–H groups in total. The van der Waals surface area contributed by atoms with Crippen LogP contribution in [0.1, 0.15) is 51.9 Å². The Bertz CT molecular complexity index is 174. The Labute approximate surface area is 88.7 Å². The van der Waals surface area contributed by atoms with Crippen LogP contribution >= 0.6 is 0 Å². The SMILES string of the molecule is CNC(CCC1CC1)C1CCCC1C. The van der Waals surface area contributed by atoms with Gasteiger partial charge in [0.2, 0.25) is 0 Å². The number of rotatable bonds is 5. The zero-order valence-corrected chi connectivity index (χ0v) is 9.76. The number of hydrogen-bond donors (Lipinski definition) is 1. The first kappa shape index (κ1) is 10.5. The number of nitrogens with one attached hydrogen (secondary N) is 1. The first-order valence-corrected chi connectivity index (χ1v) is 6.48. The lowest BCUT2D eigenvalue weighted by Gasteiger charge is -2.26. The van der Waals surface area contributed by atoms with Crippen molar-refractivity contribution in [3.05, 3.63) is 0 Å². The van der Waals surface area contributed by atoms with Crippen molar-refractivity contribution in [2.75, 3.05) is 7.05 Å². The van der Waals surface area contributed by atoms with Crippen LogP contribution in [-0.4, -0.2) is 13.1 Å². The van der Waals surface area contributed by atoms with E-state index in [2.05, 4.69) is 19.3 Å². The van der Waals surface area contributed by atoms with Crippen LogP contribution in [0.15, 0.2) is 0 Å². The van der Waals surface area contributed by atoms with Crippen molar-refractivity contribution >= 4 is 0 Å². The highest BCUT2D eigenvalue weighted by Gasteiger charge is 2.31. The predicted molar refractivity (Wildman–Crippen MR) is 61.3 cm³/mol. The molecule has 2 aliphatic rings. The molecule has 2 saturated carbocycles. The monoisotopic (exact) mass is 195 g/mol. The summed E-state index contributed by atoms with van der Waals surface area (Å²) in [4.78, 5) is 0. The maximum absolute atomic E-state index is 3.56. The van der Waals surface area contributed by atoms with Crippen LogP contribution in [0.25, 0.3) is 0 Å². The van der Waals surface area contributed by atoms with Gasteiger partial charge in [0, 0.05) is 6.04 Å². The normalized spacial score (nSPS) is 34.7. The summed E-state index contributed by atoms with van der Waals surface area (Å²) in [5, 5.41) is 3.56. The molecule has 0 saturated heterocycles. The predicted octanol–water partition coefficient (Wildman–Crippen LogP) is 3.20. The van der Waals surface area contributed by atoms with E-state index in [1.165, 1.54) is 44.9 Å². The third kappa shape index (κ3) is 2.50. The van der Waals surface area contributed by atoms with E-state index in [9.17, 15) is 0 Å². The lowest BCUT2D eigenvalue weighted by molar-refractivity contribution is 0.289. The fourth-order valence-electron chi connectivity index (χ4n) is 3.17. The average Bonchev–Trinajstić information content (AvgIpc) is 2.92. The van der Waals surface area contributed by atoms with Gasteiger partial charge in [0.05, 0.1) is 0 Å². The van der Waals surface area contributed by atoms with Crippen molar-refractivity contribution < 1.29 is 0 Å². The van der Waals surface area contributed by atoms with Gasteiger partial charge in [-0.1, -0.05) is 32.6 Å². The van der Waals surface area contributed by atoms with Gasteiger partial charge in [-0.05, 0) is 44.1 Å². The smallest absolute Gasteiger partial charge is 0.00949 e.